The molecule has 0 amide bonds. The minimum absolute atomic E-state index is 0.0450. The molecule has 1 aromatic heterocycles. The van der Waals surface area contributed by atoms with Crippen LogP contribution >= 0.6 is 21.2 Å². The number of hydrogen-bond donors (Lipinski definition) is 1. The summed E-state index contributed by atoms with van der Waals surface area (Å²) >= 11 is 4.35. The summed E-state index contributed by atoms with van der Waals surface area (Å²) in [4.78, 5) is 4.19. The fraction of sp³-hybridized carbons (Fsp3) is 0. The van der Waals surface area contributed by atoms with E-state index in [0.29, 0.717) is 0 Å². The van der Waals surface area contributed by atoms with E-state index >= 15 is 0 Å². The summed E-state index contributed by atoms with van der Waals surface area (Å²) < 4.78 is 1.24. The first kappa shape index (κ1) is 6.19. The van der Waals surface area contributed by atoms with Crippen molar-refractivity contribution in [2.24, 2.45) is 0 Å². The average molecular weight is 168 g/mol. The van der Waals surface area contributed by atoms with Gasteiger partial charge in [-0.05, 0) is 6.07 Å². The highest BCUT2D eigenvalue weighted by Gasteiger charge is 2.07. The maximum absolute atomic E-state index is 4.35. The molecule has 10 heavy (non-hydrogen) atoms. The molecule has 0 bridgehead atoms. The molecule has 0 N–H and O–H groups in total. The molecule has 0 aliphatic carbocycles. The van der Waals surface area contributed by atoms with E-state index < -0.39 is 0 Å². The molecule has 0 aliphatic rings. The number of hydrogen-bond acceptors (Lipinski definition) is 2. The average Bonchev–Trinajstić information content (AvgIpc) is 2.34. The van der Waals surface area contributed by atoms with E-state index in [2.05, 4.69) is 22.7 Å². The van der Waals surface area contributed by atoms with Crippen LogP contribution in [-0.4, -0.2) is 4.98 Å². The first-order valence-electron chi connectivity index (χ1n) is 2.93. The summed E-state index contributed by atoms with van der Waals surface area (Å²) in [6.45, 7) is 0. The third-order valence-corrected chi connectivity index (χ3v) is 3.36. The van der Waals surface area contributed by atoms with Gasteiger partial charge in [-0.3, -0.25) is 0 Å². The Kier molecular flexibility index (Phi) is 1.39. The van der Waals surface area contributed by atoms with Gasteiger partial charge >= 0.3 is 0 Å². The molecule has 0 saturated carbocycles. The lowest BCUT2D eigenvalue weighted by molar-refractivity contribution is 1.50. The molecule has 0 fully saturated rings. The van der Waals surface area contributed by atoms with Crippen molar-refractivity contribution in [1.29, 1.82) is 0 Å². The van der Waals surface area contributed by atoms with Gasteiger partial charge in [0.2, 0.25) is 10.2 Å². The van der Waals surface area contributed by atoms with E-state index in [0.717, 1.165) is 5.52 Å². The molecule has 50 valence electrons. The van der Waals surface area contributed by atoms with Gasteiger partial charge in [0.1, 0.15) is 17.2 Å². The summed E-state index contributed by atoms with van der Waals surface area (Å²) in [6.07, 6.45) is 0. The monoisotopic (exact) mass is 168 g/mol. The van der Waals surface area contributed by atoms with Crippen LogP contribution in [0.15, 0.2) is 29.8 Å². The lowest BCUT2D eigenvalue weighted by Crippen LogP contribution is -1.61. The van der Waals surface area contributed by atoms with Gasteiger partial charge in [0.15, 0.2) is 0 Å². The number of thiazole rings is 1. The highest BCUT2D eigenvalue weighted by atomic mass is 33.1. The molecule has 1 nitrogen and oxygen atoms in total. The zero-order chi connectivity index (χ0) is 6.97. The largest absolute Gasteiger partial charge is 0.243 e. The van der Waals surface area contributed by atoms with Crippen molar-refractivity contribution in [3.8, 4) is 0 Å². The van der Waals surface area contributed by atoms with Crippen LogP contribution in [0, 0.1) is 0 Å². The summed E-state index contributed by atoms with van der Waals surface area (Å²) in [7, 11) is -0.0450. The Morgan fingerprint density at radius 2 is 2.10 bits per heavy atom. The molecule has 1 aromatic carbocycles. The van der Waals surface area contributed by atoms with Crippen LogP contribution in [0.3, 0.4) is 0 Å². The van der Waals surface area contributed by atoms with Gasteiger partial charge in [0.05, 0.1) is 9.50 Å². The quantitative estimate of drug-likeness (QED) is 0.362. The second-order valence-corrected chi connectivity index (χ2v) is 4.48. The normalized spacial score (nSPS) is 12.3. The molecule has 0 spiro atoms. The van der Waals surface area contributed by atoms with Crippen LogP contribution in [0.25, 0.3) is 10.2 Å². The van der Waals surface area contributed by atoms with Crippen LogP contribution in [0.4, 0.5) is 0 Å². The Morgan fingerprint density at radius 1 is 1.30 bits per heavy atom. The Labute approximate surface area is 66.5 Å². The summed E-state index contributed by atoms with van der Waals surface area (Å²) in [5.41, 5.74) is 2.95. The molecular weight excluding hydrogens is 162 g/mol. The number of fused-ring (bicyclic) bond motifs is 1. The van der Waals surface area contributed by atoms with Crippen LogP contribution in [-0.2, 0) is 0 Å². The summed E-state index contributed by atoms with van der Waals surface area (Å²) in [6, 6.07) is 8.09. The van der Waals surface area contributed by atoms with Crippen molar-refractivity contribution in [3.05, 3.63) is 29.8 Å². The second-order valence-electron chi connectivity index (χ2n) is 2.02. The van der Waals surface area contributed by atoms with E-state index in [1.165, 1.54) is 4.70 Å². The number of para-hydroxylation sites is 1. The van der Waals surface area contributed by atoms with Crippen LogP contribution in [0.5, 0.6) is 0 Å². The van der Waals surface area contributed by atoms with E-state index in [4.69, 9.17) is 0 Å². The maximum atomic E-state index is 4.35. The molecule has 2 aromatic rings. The minimum Gasteiger partial charge on any atom is -0.199 e. The molecule has 1 unspecified atom stereocenters. The molecule has 3 heteroatoms. The molecule has 2 rings (SSSR count). The number of rotatable bonds is 0. The molecular formula is C7H6NS2+. The van der Waals surface area contributed by atoms with Gasteiger partial charge in [-0.2, -0.15) is 4.98 Å². The Morgan fingerprint density at radius 3 is 2.90 bits per heavy atom. The van der Waals surface area contributed by atoms with Crippen molar-refractivity contribution < 1.29 is 0 Å². The Hall–Kier alpha value is -0.540. The van der Waals surface area contributed by atoms with E-state index in [9.17, 15) is 0 Å². The topological polar surface area (TPSA) is 12.9 Å². The van der Waals surface area contributed by atoms with Gasteiger partial charge in [-0.1, -0.05) is 12.1 Å². The van der Waals surface area contributed by atoms with E-state index in [-0.39, 0.29) is 9.50 Å². The molecule has 0 saturated heterocycles. The van der Waals surface area contributed by atoms with Gasteiger partial charge in [0.25, 0.3) is 0 Å². The summed E-state index contributed by atoms with van der Waals surface area (Å²) in [5.74, 6) is 0. The number of benzene rings is 1. The molecule has 1 heterocycles. The third kappa shape index (κ3) is 0.822. The SMILES string of the molecule is S[s+]1cnc2ccccc21. The third-order valence-electron chi connectivity index (χ3n) is 1.38. The number of thiol groups is 1. The fourth-order valence-electron chi connectivity index (χ4n) is 0.904. The Balaban J connectivity index is 2.93. The maximum Gasteiger partial charge on any atom is 0.243 e. The number of nitrogens with zero attached hydrogens (tertiary/aromatic N) is 1. The van der Waals surface area contributed by atoms with Crippen molar-refractivity contribution in [3.63, 3.8) is 0 Å². The number of aromatic nitrogens is 1. The van der Waals surface area contributed by atoms with Crippen LogP contribution in [0.2, 0.25) is 0 Å². The first-order chi connectivity index (χ1) is 4.88. The molecule has 0 radical (unpaired) electrons. The highest BCUT2D eigenvalue weighted by molar-refractivity contribution is 8.34. The summed E-state index contributed by atoms with van der Waals surface area (Å²) in [5, 5.41) is 0. The lowest BCUT2D eigenvalue weighted by Gasteiger charge is -1.77. The standard InChI is InChI=1S/C7H6NS2/c9-10-5-8-6-3-1-2-4-7(6)10/h1-5,9H/q+1. The van der Waals surface area contributed by atoms with Crippen LogP contribution < -0.4 is 0 Å². The predicted molar refractivity (Wildman–Crippen MR) is 48.6 cm³/mol. The predicted octanol–water partition coefficient (Wildman–Crippen LogP) is 2.68. The molecule has 0 aliphatic heterocycles. The van der Waals surface area contributed by atoms with Gasteiger partial charge in [0, 0.05) is 6.07 Å². The van der Waals surface area contributed by atoms with Gasteiger partial charge in [-0.25, -0.2) is 0 Å². The van der Waals surface area contributed by atoms with Crippen molar-refractivity contribution in [2.75, 3.05) is 0 Å². The smallest absolute Gasteiger partial charge is 0.199 e. The van der Waals surface area contributed by atoms with E-state index in [1.54, 1.807) is 0 Å². The fourth-order valence-corrected chi connectivity index (χ4v) is 2.39. The van der Waals surface area contributed by atoms with Crippen molar-refractivity contribution in [1.82, 2.24) is 4.98 Å². The zero-order valence-electron chi connectivity index (χ0n) is 5.19. The van der Waals surface area contributed by atoms with Crippen LogP contribution in [0.1, 0.15) is 0 Å². The van der Waals surface area contributed by atoms with Gasteiger partial charge in [-0.15, -0.1) is 0 Å². The van der Waals surface area contributed by atoms with Crippen molar-refractivity contribution >= 4 is 31.4 Å². The van der Waals surface area contributed by atoms with Gasteiger partial charge < -0.3 is 0 Å². The molecule has 1 atom stereocenters. The van der Waals surface area contributed by atoms with E-state index in [1.807, 2.05) is 23.7 Å². The second kappa shape index (κ2) is 2.25. The minimum atomic E-state index is -0.0450. The lowest BCUT2D eigenvalue weighted by atomic mass is 10.3. The first-order valence-corrected chi connectivity index (χ1v) is 5.27. The highest BCUT2D eigenvalue weighted by Crippen LogP contribution is 2.31. The zero-order valence-corrected chi connectivity index (χ0v) is 6.90. The van der Waals surface area contributed by atoms with Crippen molar-refractivity contribution in [2.45, 2.75) is 0 Å². The Bertz CT molecular complexity index is 353.